The van der Waals surface area contributed by atoms with Gasteiger partial charge in [-0.05, 0) is 31.5 Å². The lowest BCUT2D eigenvalue weighted by molar-refractivity contribution is 0.0685. The van der Waals surface area contributed by atoms with Crippen LogP contribution < -0.4 is 0 Å². The van der Waals surface area contributed by atoms with Gasteiger partial charge in [-0.1, -0.05) is 0 Å². The van der Waals surface area contributed by atoms with Gasteiger partial charge in [0.1, 0.15) is 11.3 Å². The molecule has 0 spiro atoms. The summed E-state index contributed by atoms with van der Waals surface area (Å²) in [5.41, 5.74) is 1.87. The van der Waals surface area contributed by atoms with Crippen LogP contribution in [0.25, 0.3) is 11.0 Å². The Labute approximate surface area is 87.2 Å². The minimum absolute atomic E-state index is 0.339. The number of aromatic nitrogens is 2. The molecule has 0 saturated heterocycles. The molecule has 78 valence electrons. The van der Waals surface area contributed by atoms with Crippen molar-refractivity contribution in [3.8, 4) is 0 Å². The Bertz CT molecular complexity index is 529. The number of carboxylic acids is 1. The zero-order valence-corrected chi connectivity index (χ0v) is 8.69. The average Bonchev–Trinajstić information content (AvgIpc) is 2.52. The number of fused-ring (bicyclic) bond motifs is 1. The lowest BCUT2D eigenvalue weighted by atomic mass is 10.2. The Morgan fingerprint density at radius 1 is 1.60 bits per heavy atom. The van der Waals surface area contributed by atoms with Crippen molar-refractivity contribution in [2.45, 2.75) is 20.4 Å². The summed E-state index contributed by atoms with van der Waals surface area (Å²) in [5.74, 6) is -0.896. The van der Waals surface area contributed by atoms with E-state index in [1.165, 1.54) is 0 Å². The first-order chi connectivity index (χ1) is 7.16. The van der Waals surface area contributed by atoms with Gasteiger partial charge in [-0.2, -0.15) is 0 Å². The highest BCUT2D eigenvalue weighted by Gasteiger charge is 2.18. The Kier molecular flexibility index (Phi) is 2.19. The van der Waals surface area contributed by atoms with E-state index in [1.54, 1.807) is 10.8 Å². The Morgan fingerprint density at radius 2 is 2.33 bits per heavy atom. The second-order valence-corrected chi connectivity index (χ2v) is 3.40. The van der Waals surface area contributed by atoms with Crippen LogP contribution in [0.3, 0.4) is 0 Å². The van der Waals surface area contributed by atoms with Crippen molar-refractivity contribution in [3.05, 3.63) is 29.6 Å². The number of aromatic carboxylic acids is 1. The molecule has 2 aromatic rings. The first-order valence-electron chi connectivity index (χ1n) is 4.84. The maximum atomic E-state index is 11.1. The molecular formula is C11H12N2O2. The molecule has 2 aromatic heterocycles. The molecule has 1 N–H and O–H groups in total. The van der Waals surface area contributed by atoms with E-state index < -0.39 is 5.97 Å². The van der Waals surface area contributed by atoms with Gasteiger partial charge in [-0.3, -0.25) is 0 Å². The average molecular weight is 204 g/mol. The summed E-state index contributed by atoms with van der Waals surface area (Å²) in [6.07, 6.45) is 1.68. The van der Waals surface area contributed by atoms with E-state index in [0.29, 0.717) is 12.2 Å². The quantitative estimate of drug-likeness (QED) is 0.814. The lowest BCUT2D eigenvalue weighted by Crippen LogP contribution is -2.08. The number of carboxylic acid groups (broad SMARTS) is 1. The van der Waals surface area contributed by atoms with Gasteiger partial charge in [-0.15, -0.1) is 0 Å². The molecule has 0 aliphatic carbocycles. The van der Waals surface area contributed by atoms with E-state index >= 15 is 0 Å². The van der Waals surface area contributed by atoms with Crippen LogP contribution in [0.15, 0.2) is 18.3 Å². The van der Waals surface area contributed by atoms with Crippen LogP contribution in [0.4, 0.5) is 0 Å². The molecule has 0 aliphatic rings. The molecule has 0 aromatic carbocycles. The fourth-order valence-corrected chi connectivity index (χ4v) is 1.92. The van der Waals surface area contributed by atoms with Crippen LogP contribution in [-0.4, -0.2) is 20.6 Å². The highest BCUT2D eigenvalue weighted by molar-refractivity contribution is 5.96. The fourth-order valence-electron chi connectivity index (χ4n) is 1.92. The molecule has 2 rings (SSSR count). The molecule has 0 aliphatic heterocycles. The molecule has 0 atom stereocenters. The van der Waals surface area contributed by atoms with E-state index in [1.807, 2.05) is 26.0 Å². The summed E-state index contributed by atoms with van der Waals surface area (Å²) >= 11 is 0. The smallest absolute Gasteiger partial charge is 0.352 e. The molecule has 0 amide bonds. The van der Waals surface area contributed by atoms with E-state index in [2.05, 4.69) is 4.98 Å². The topological polar surface area (TPSA) is 55.1 Å². The SMILES string of the molecule is CCn1c(C(=O)O)c(C)c2cccnc21. The van der Waals surface area contributed by atoms with Gasteiger partial charge < -0.3 is 9.67 Å². The van der Waals surface area contributed by atoms with Crippen LogP contribution in [0.2, 0.25) is 0 Å². The third kappa shape index (κ3) is 1.29. The second-order valence-electron chi connectivity index (χ2n) is 3.40. The summed E-state index contributed by atoms with van der Waals surface area (Å²) < 4.78 is 1.73. The van der Waals surface area contributed by atoms with E-state index in [4.69, 9.17) is 5.11 Å². The monoisotopic (exact) mass is 204 g/mol. The van der Waals surface area contributed by atoms with Crippen LogP contribution in [-0.2, 0) is 6.54 Å². The van der Waals surface area contributed by atoms with Crippen molar-refractivity contribution in [1.29, 1.82) is 0 Å². The highest BCUT2D eigenvalue weighted by Crippen LogP contribution is 2.23. The van der Waals surface area contributed by atoms with Gasteiger partial charge in [0, 0.05) is 18.1 Å². The van der Waals surface area contributed by atoms with E-state index in [9.17, 15) is 4.79 Å². The number of pyridine rings is 1. The molecule has 0 saturated carbocycles. The predicted octanol–water partition coefficient (Wildman–Crippen LogP) is 2.06. The van der Waals surface area contributed by atoms with Crippen LogP contribution in [0.1, 0.15) is 23.0 Å². The standard InChI is InChI=1S/C11H12N2O2/c1-3-13-9(11(14)15)7(2)8-5-4-6-12-10(8)13/h4-6H,3H2,1-2H3,(H,14,15). The van der Waals surface area contributed by atoms with Gasteiger partial charge in [0.25, 0.3) is 0 Å². The maximum Gasteiger partial charge on any atom is 0.352 e. The number of aryl methyl sites for hydroxylation is 2. The number of carbonyl (C=O) groups is 1. The molecule has 2 heterocycles. The largest absolute Gasteiger partial charge is 0.477 e. The van der Waals surface area contributed by atoms with E-state index in [0.717, 1.165) is 16.6 Å². The van der Waals surface area contributed by atoms with Gasteiger partial charge in [0.15, 0.2) is 0 Å². The molecule has 15 heavy (non-hydrogen) atoms. The summed E-state index contributed by atoms with van der Waals surface area (Å²) in [4.78, 5) is 15.3. The minimum Gasteiger partial charge on any atom is -0.477 e. The zero-order chi connectivity index (χ0) is 11.0. The predicted molar refractivity (Wildman–Crippen MR) is 57.1 cm³/mol. The highest BCUT2D eigenvalue weighted by atomic mass is 16.4. The molecule has 0 bridgehead atoms. The third-order valence-electron chi connectivity index (χ3n) is 2.59. The second kappa shape index (κ2) is 3.38. The van der Waals surface area contributed by atoms with Gasteiger partial charge in [0.2, 0.25) is 0 Å². The van der Waals surface area contributed by atoms with Crippen molar-refractivity contribution in [1.82, 2.24) is 9.55 Å². The summed E-state index contributed by atoms with van der Waals surface area (Å²) in [6, 6.07) is 3.72. The summed E-state index contributed by atoms with van der Waals surface area (Å²) in [7, 11) is 0. The van der Waals surface area contributed by atoms with Gasteiger partial charge >= 0.3 is 5.97 Å². The summed E-state index contributed by atoms with van der Waals surface area (Å²) in [5, 5.41) is 10.0. The Balaban J connectivity index is 2.90. The first kappa shape index (κ1) is 9.71. The number of hydrogen-bond donors (Lipinski definition) is 1. The van der Waals surface area contributed by atoms with Crippen molar-refractivity contribution in [2.24, 2.45) is 0 Å². The number of hydrogen-bond acceptors (Lipinski definition) is 2. The molecule has 4 nitrogen and oxygen atoms in total. The fraction of sp³-hybridized carbons (Fsp3) is 0.273. The maximum absolute atomic E-state index is 11.1. The Morgan fingerprint density at radius 3 is 2.93 bits per heavy atom. The molecule has 0 radical (unpaired) electrons. The van der Waals surface area contributed by atoms with Crippen molar-refractivity contribution >= 4 is 17.0 Å². The van der Waals surface area contributed by atoms with Crippen molar-refractivity contribution < 1.29 is 9.90 Å². The van der Waals surface area contributed by atoms with Crippen molar-refractivity contribution in [3.63, 3.8) is 0 Å². The van der Waals surface area contributed by atoms with E-state index in [-0.39, 0.29) is 0 Å². The Hall–Kier alpha value is -1.84. The number of nitrogens with zero attached hydrogens (tertiary/aromatic N) is 2. The van der Waals surface area contributed by atoms with Crippen molar-refractivity contribution in [2.75, 3.05) is 0 Å². The van der Waals surface area contributed by atoms with Gasteiger partial charge in [0.05, 0.1) is 0 Å². The van der Waals surface area contributed by atoms with Crippen LogP contribution >= 0.6 is 0 Å². The number of rotatable bonds is 2. The van der Waals surface area contributed by atoms with Gasteiger partial charge in [-0.25, -0.2) is 9.78 Å². The van der Waals surface area contributed by atoms with Crippen LogP contribution in [0.5, 0.6) is 0 Å². The molecular weight excluding hydrogens is 192 g/mol. The summed E-state index contributed by atoms with van der Waals surface area (Å²) in [6.45, 7) is 4.35. The molecule has 4 heteroatoms. The lowest BCUT2D eigenvalue weighted by Gasteiger charge is -2.02. The third-order valence-corrected chi connectivity index (χ3v) is 2.59. The van der Waals surface area contributed by atoms with Crippen LogP contribution in [0, 0.1) is 6.92 Å². The zero-order valence-electron chi connectivity index (χ0n) is 8.69. The molecule has 0 fully saturated rings. The minimum atomic E-state index is -0.896. The first-order valence-corrected chi connectivity index (χ1v) is 4.84. The molecule has 0 unspecified atom stereocenters. The normalized spacial score (nSPS) is 10.8.